The van der Waals surface area contributed by atoms with Gasteiger partial charge in [-0.3, -0.25) is 4.98 Å². The topological polar surface area (TPSA) is 40.6 Å². The molecule has 0 aliphatic carbocycles. The van der Waals surface area contributed by atoms with Crippen molar-refractivity contribution in [2.75, 3.05) is 21.3 Å². The van der Waals surface area contributed by atoms with Crippen LogP contribution in [0.1, 0.15) is 0 Å². The number of benzene rings is 1. The van der Waals surface area contributed by atoms with Crippen molar-refractivity contribution in [2.24, 2.45) is 0 Å². The summed E-state index contributed by atoms with van der Waals surface area (Å²) >= 11 is 0. The molecule has 2 rings (SSSR count). The van der Waals surface area contributed by atoms with E-state index in [4.69, 9.17) is 14.2 Å². The van der Waals surface area contributed by atoms with Crippen molar-refractivity contribution in [3.63, 3.8) is 0 Å². The SMILES string of the molecule is COc1ccc(-c2cnccc2OC)cc1OC. The van der Waals surface area contributed by atoms with E-state index in [2.05, 4.69) is 4.98 Å². The highest BCUT2D eigenvalue weighted by molar-refractivity contribution is 5.71. The number of ether oxygens (including phenoxy) is 3. The molecule has 1 aromatic heterocycles. The van der Waals surface area contributed by atoms with Gasteiger partial charge >= 0.3 is 0 Å². The minimum atomic E-state index is 0.681. The Balaban J connectivity index is 2.51. The summed E-state index contributed by atoms with van der Waals surface area (Å²) in [6.07, 6.45) is 3.46. The van der Waals surface area contributed by atoms with Crippen molar-refractivity contribution in [1.82, 2.24) is 4.98 Å². The van der Waals surface area contributed by atoms with E-state index < -0.39 is 0 Å². The predicted octanol–water partition coefficient (Wildman–Crippen LogP) is 2.77. The van der Waals surface area contributed by atoms with E-state index in [1.807, 2.05) is 24.3 Å². The molecule has 94 valence electrons. The summed E-state index contributed by atoms with van der Waals surface area (Å²) in [6.45, 7) is 0. The summed E-state index contributed by atoms with van der Waals surface area (Å²) in [5.74, 6) is 2.15. The largest absolute Gasteiger partial charge is 0.496 e. The van der Waals surface area contributed by atoms with Gasteiger partial charge in [0.15, 0.2) is 11.5 Å². The van der Waals surface area contributed by atoms with Crippen LogP contribution in [0.2, 0.25) is 0 Å². The van der Waals surface area contributed by atoms with Gasteiger partial charge in [-0.25, -0.2) is 0 Å². The van der Waals surface area contributed by atoms with Crippen molar-refractivity contribution in [3.8, 4) is 28.4 Å². The second-order valence-corrected chi connectivity index (χ2v) is 3.65. The lowest BCUT2D eigenvalue weighted by atomic mass is 10.1. The lowest BCUT2D eigenvalue weighted by molar-refractivity contribution is 0.355. The van der Waals surface area contributed by atoms with Crippen molar-refractivity contribution < 1.29 is 14.2 Å². The Morgan fingerprint density at radius 1 is 0.833 bits per heavy atom. The van der Waals surface area contributed by atoms with Gasteiger partial charge in [-0.15, -0.1) is 0 Å². The Bertz CT molecular complexity index is 540. The van der Waals surface area contributed by atoms with Crippen LogP contribution in [-0.4, -0.2) is 26.3 Å². The van der Waals surface area contributed by atoms with Crippen molar-refractivity contribution in [2.45, 2.75) is 0 Å². The van der Waals surface area contributed by atoms with Crippen LogP contribution in [0.4, 0.5) is 0 Å². The molecule has 0 aliphatic heterocycles. The number of hydrogen-bond acceptors (Lipinski definition) is 4. The lowest BCUT2D eigenvalue weighted by Crippen LogP contribution is -1.92. The highest BCUT2D eigenvalue weighted by Crippen LogP contribution is 2.35. The second kappa shape index (κ2) is 5.40. The number of aromatic nitrogens is 1. The molecule has 0 fully saturated rings. The minimum absolute atomic E-state index is 0.681. The summed E-state index contributed by atoms with van der Waals surface area (Å²) in [4.78, 5) is 4.12. The Morgan fingerprint density at radius 3 is 2.22 bits per heavy atom. The third-order valence-corrected chi connectivity index (χ3v) is 2.70. The van der Waals surface area contributed by atoms with Crippen LogP contribution in [0.15, 0.2) is 36.7 Å². The molecule has 18 heavy (non-hydrogen) atoms. The molecule has 0 N–H and O–H groups in total. The Labute approximate surface area is 106 Å². The van der Waals surface area contributed by atoms with Gasteiger partial charge < -0.3 is 14.2 Å². The molecule has 0 spiro atoms. The molecule has 1 heterocycles. The lowest BCUT2D eigenvalue weighted by Gasteiger charge is -2.11. The maximum Gasteiger partial charge on any atom is 0.161 e. The maximum atomic E-state index is 5.32. The molecule has 0 bridgehead atoms. The van der Waals surface area contributed by atoms with E-state index in [0.29, 0.717) is 11.5 Å². The molecule has 1 aromatic carbocycles. The van der Waals surface area contributed by atoms with Gasteiger partial charge in [-0.1, -0.05) is 6.07 Å². The molecule has 2 aromatic rings. The average Bonchev–Trinajstić information content (AvgIpc) is 2.46. The molecule has 0 unspecified atom stereocenters. The summed E-state index contributed by atoms with van der Waals surface area (Å²) < 4.78 is 15.8. The van der Waals surface area contributed by atoms with Crippen LogP contribution in [0.25, 0.3) is 11.1 Å². The first-order valence-electron chi connectivity index (χ1n) is 5.50. The van der Waals surface area contributed by atoms with Crippen LogP contribution in [0.3, 0.4) is 0 Å². The Kier molecular flexibility index (Phi) is 3.67. The Morgan fingerprint density at radius 2 is 1.56 bits per heavy atom. The zero-order chi connectivity index (χ0) is 13.0. The van der Waals surface area contributed by atoms with E-state index in [9.17, 15) is 0 Å². The predicted molar refractivity (Wildman–Crippen MR) is 69.3 cm³/mol. The molecule has 0 atom stereocenters. The smallest absolute Gasteiger partial charge is 0.161 e. The van der Waals surface area contributed by atoms with Crippen LogP contribution in [-0.2, 0) is 0 Å². The first-order valence-corrected chi connectivity index (χ1v) is 5.50. The zero-order valence-electron chi connectivity index (χ0n) is 10.6. The van der Waals surface area contributed by atoms with E-state index in [1.54, 1.807) is 33.7 Å². The standard InChI is InChI=1S/C14H15NO3/c1-16-12-6-7-15-9-11(12)10-4-5-13(17-2)14(8-10)18-3/h4-9H,1-3H3. The van der Waals surface area contributed by atoms with Gasteiger partial charge in [0.2, 0.25) is 0 Å². The molecule has 0 amide bonds. The monoisotopic (exact) mass is 245 g/mol. The third-order valence-electron chi connectivity index (χ3n) is 2.70. The number of methoxy groups -OCH3 is 3. The average molecular weight is 245 g/mol. The molecule has 4 nitrogen and oxygen atoms in total. The van der Waals surface area contributed by atoms with Crippen LogP contribution < -0.4 is 14.2 Å². The molecular formula is C14H15NO3. The first-order chi connectivity index (χ1) is 8.80. The van der Waals surface area contributed by atoms with Crippen LogP contribution in [0, 0.1) is 0 Å². The molecule has 0 radical (unpaired) electrons. The Hall–Kier alpha value is -2.23. The van der Waals surface area contributed by atoms with Gasteiger partial charge in [-0.05, 0) is 23.8 Å². The van der Waals surface area contributed by atoms with Gasteiger partial charge in [0.25, 0.3) is 0 Å². The van der Waals surface area contributed by atoms with Gasteiger partial charge in [0.1, 0.15) is 5.75 Å². The zero-order valence-corrected chi connectivity index (χ0v) is 10.6. The van der Waals surface area contributed by atoms with Crippen molar-refractivity contribution in [3.05, 3.63) is 36.7 Å². The number of pyridine rings is 1. The van der Waals surface area contributed by atoms with Crippen LogP contribution >= 0.6 is 0 Å². The van der Waals surface area contributed by atoms with E-state index >= 15 is 0 Å². The molecular weight excluding hydrogens is 230 g/mol. The molecule has 4 heteroatoms. The highest BCUT2D eigenvalue weighted by Gasteiger charge is 2.09. The summed E-state index contributed by atoms with van der Waals surface area (Å²) in [5, 5.41) is 0. The van der Waals surface area contributed by atoms with Gasteiger partial charge in [-0.2, -0.15) is 0 Å². The first kappa shape index (κ1) is 12.2. The fourth-order valence-corrected chi connectivity index (χ4v) is 1.78. The normalized spacial score (nSPS) is 9.94. The second-order valence-electron chi connectivity index (χ2n) is 3.65. The highest BCUT2D eigenvalue weighted by atomic mass is 16.5. The van der Waals surface area contributed by atoms with Crippen molar-refractivity contribution in [1.29, 1.82) is 0 Å². The molecule has 0 saturated heterocycles. The molecule has 0 aliphatic rings. The number of rotatable bonds is 4. The number of nitrogens with zero attached hydrogens (tertiary/aromatic N) is 1. The summed E-state index contributed by atoms with van der Waals surface area (Å²) in [5.41, 5.74) is 1.89. The summed E-state index contributed by atoms with van der Waals surface area (Å²) in [6, 6.07) is 7.53. The van der Waals surface area contributed by atoms with E-state index in [0.717, 1.165) is 16.9 Å². The fourth-order valence-electron chi connectivity index (χ4n) is 1.78. The van der Waals surface area contributed by atoms with Gasteiger partial charge in [0.05, 0.1) is 21.3 Å². The fraction of sp³-hybridized carbons (Fsp3) is 0.214. The molecule has 0 saturated carbocycles. The van der Waals surface area contributed by atoms with E-state index in [1.165, 1.54) is 0 Å². The number of hydrogen-bond donors (Lipinski definition) is 0. The van der Waals surface area contributed by atoms with Crippen molar-refractivity contribution >= 4 is 0 Å². The summed E-state index contributed by atoms with van der Waals surface area (Å²) in [7, 11) is 4.86. The van der Waals surface area contributed by atoms with E-state index in [-0.39, 0.29) is 0 Å². The minimum Gasteiger partial charge on any atom is -0.496 e. The third kappa shape index (κ3) is 2.22. The van der Waals surface area contributed by atoms with Gasteiger partial charge in [0, 0.05) is 18.0 Å². The van der Waals surface area contributed by atoms with Crippen LogP contribution in [0.5, 0.6) is 17.2 Å². The quantitative estimate of drug-likeness (QED) is 0.830. The maximum absolute atomic E-state index is 5.32.